The Morgan fingerprint density at radius 3 is 2.53 bits per heavy atom. The van der Waals surface area contributed by atoms with Gasteiger partial charge in [-0.1, -0.05) is 30.7 Å². The van der Waals surface area contributed by atoms with Gasteiger partial charge in [0.2, 0.25) is 5.91 Å². The predicted molar refractivity (Wildman–Crippen MR) is 77.0 cm³/mol. The second kappa shape index (κ2) is 7.04. The first-order chi connectivity index (χ1) is 9.29. The molecule has 0 aromatic heterocycles. The van der Waals surface area contributed by atoms with Crippen molar-refractivity contribution in [2.24, 2.45) is 10.8 Å². The molecule has 102 valence electrons. The summed E-state index contributed by atoms with van der Waals surface area (Å²) in [4.78, 5) is 11.0. The Bertz CT molecular complexity index is 451. The molecular formula is C15H21N3O. The first-order valence-electron chi connectivity index (χ1n) is 6.94. The predicted octanol–water partition coefficient (Wildman–Crippen LogP) is 1.97. The molecule has 0 spiro atoms. The monoisotopic (exact) mass is 259 g/mol. The van der Waals surface area contributed by atoms with E-state index < -0.39 is 0 Å². The maximum absolute atomic E-state index is 11.0. The smallest absolute Gasteiger partial charge is 0.240 e. The summed E-state index contributed by atoms with van der Waals surface area (Å²) in [6, 6.07) is 8.48. The van der Waals surface area contributed by atoms with Gasteiger partial charge in [0.1, 0.15) is 0 Å². The number of unbranched alkanes of at least 4 members (excludes halogenated alkanes) is 2. The molecule has 4 nitrogen and oxygen atoms in total. The normalized spacial score (nSPS) is 15.0. The summed E-state index contributed by atoms with van der Waals surface area (Å²) in [5.41, 5.74) is 11.4. The summed E-state index contributed by atoms with van der Waals surface area (Å²) in [7, 11) is 0. The van der Waals surface area contributed by atoms with Gasteiger partial charge in [-0.05, 0) is 36.9 Å². The van der Waals surface area contributed by atoms with Gasteiger partial charge >= 0.3 is 0 Å². The SMILES string of the molecule is NCCCCCc1ccc(C2=NNC(=O)CC2)cc1. The van der Waals surface area contributed by atoms with Gasteiger partial charge in [0.25, 0.3) is 0 Å². The van der Waals surface area contributed by atoms with Crippen molar-refractivity contribution in [3.05, 3.63) is 35.4 Å². The molecular weight excluding hydrogens is 238 g/mol. The Balaban J connectivity index is 1.89. The Morgan fingerprint density at radius 1 is 1.11 bits per heavy atom. The maximum atomic E-state index is 11.0. The highest BCUT2D eigenvalue weighted by molar-refractivity contribution is 6.04. The van der Waals surface area contributed by atoms with Crippen molar-refractivity contribution in [1.29, 1.82) is 0 Å². The zero-order valence-electron chi connectivity index (χ0n) is 11.2. The number of rotatable bonds is 6. The lowest BCUT2D eigenvalue weighted by atomic mass is 10.0. The van der Waals surface area contributed by atoms with Crippen LogP contribution in [0.2, 0.25) is 0 Å². The molecule has 3 N–H and O–H groups in total. The molecule has 1 amide bonds. The van der Waals surface area contributed by atoms with Crippen molar-refractivity contribution in [2.45, 2.75) is 38.5 Å². The van der Waals surface area contributed by atoms with E-state index in [1.165, 1.54) is 18.4 Å². The van der Waals surface area contributed by atoms with Crippen LogP contribution in [-0.4, -0.2) is 18.2 Å². The highest BCUT2D eigenvalue weighted by atomic mass is 16.2. The number of hydrogen-bond donors (Lipinski definition) is 2. The quantitative estimate of drug-likeness (QED) is 0.767. The molecule has 0 bridgehead atoms. The summed E-state index contributed by atoms with van der Waals surface area (Å²) in [6.45, 7) is 0.782. The van der Waals surface area contributed by atoms with E-state index in [-0.39, 0.29) is 5.91 Å². The Kier molecular flexibility index (Phi) is 5.10. The number of carbonyl (C=O) groups is 1. The van der Waals surface area contributed by atoms with E-state index >= 15 is 0 Å². The fourth-order valence-electron chi connectivity index (χ4n) is 2.20. The Hall–Kier alpha value is -1.68. The molecule has 4 heteroatoms. The lowest BCUT2D eigenvalue weighted by Gasteiger charge is -2.12. The molecule has 1 aromatic rings. The minimum Gasteiger partial charge on any atom is -0.330 e. The number of nitrogens with two attached hydrogens (primary N) is 1. The van der Waals surface area contributed by atoms with Crippen LogP contribution >= 0.6 is 0 Å². The lowest BCUT2D eigenvalue weighted by molar-refractivity contribution is -0.121. The van der Waals surface area contributed by atoms with Crippen LogP contribution < -0.4 is 11.2 Å². The van der Waals surface area contributed by atoms with E-state index in [0.717, 1.165) is 37.1 Å². The molecule has 0 unspecified atom stereocenters. The van der Waals surface area contributed by atoms with Crippen LogP contribution in [0.4, 0.5) is 0 Å². The van der Waals surface area contributed by atoms with E-state index in [0.29, 0.717) is 6.42 Å². The fourth-order valence-corrected chi connectivity index (χ4v) is 2.20. The molecule has 0 radical (unpaired) electrons. The molecule has 0 saturated heterocycles. The molecule has 0 saturated carbocycles. The lowest BCUT2D eigenvalue weighted by Crippen LogP contribution is -2.25. The number of nitrogens with one attached hydrogen (secondary N) is 1. The van der Waals surface area contributed by atoms with E-state index in [2.05, 4.69) is 34.8 Å². The average Bonchev–Trinajstić information content (AvgIpc) is 2.45. The summed E-state index contributed by atoms with van der Waals surface area (Å²) in [5, 5.41) is 4.10. The van der Waals surface area contributed by atoms with Crippen LogP contribution in [0.15, 0.2) is 29.4 Å². The first-order valence-corrected chi connectivity index (χ1v) is 6.94. The van der Waals surface area contributed by atoms with Crippen LogP contribution in [0.3, 0.4) is 0 Å². The van der Waals surface area contributed by atoms with Crippen LogP contribution in [0.5, 0.6) is 0 Å². The van der Waals surface area contributed by atoms with Crippen molar-refractivity contribution >= 4 is 11.6 Å². The summed E-state index contributed by atoms with van der Waals surface area (Å²) in [5.74, 6) is 0.000254. The number of benzene rings is 1. The van der Waals surface area contributed by atoms with Gasteiger partial charge in [0.15, 0.2) is 0 Å². The van der Waals surface area contributed by atoms with Gasteiger partial charge in [-0.2, -0.15) is 5.10 Å². The number of aryl methyl sites for hydroxylation is 1. The van der Waals surface area contributed by atoms with Crippen molar-refractivity contribution in [3.8, 4) is 0 Å². The third-order valence-corrected chi connectivity index (χ3v) is 3.36. The largest absolute Gasteiger partial charge is 0.330 e. The molecule has 19 heavy (non-hydrogen) atoms. The second-order valence-electron chi connectivity index (χ2n) is 4.89. The van der Waals surface area contributed by atoms with E-state index in [1.54, 1.807) is 0 Å². The van der Waals surface area contributed by atoms with Crippen molar-refractivity contribution < 1.29 is 4.79 Å². The number of hydrogen-bond acceptors (Lipinski definition) is 3. The summed E-state index contributed by atoms with van der Waals surface area (Å²) >= 11 is 0. The standard InChI is InChI=1S/C15H21N3O/c16-11-3-1-2-4-12-5-7-13(8-6-12)14-9-10-15(19)18-17-14/h5-8H,1-4,9-11,16H2,(H,18,19). The van der Waals surface area contributed by atoms with Crippen LogP contribution in [0, 0.1) is 0 Å². The minimum atomic E-state index is 0.000254. The van der Waals surface area contributed by atoms with E-state index in [9.17, 15) is 4.79 Å². The highest BCUT2D eigenvalue weighted by Gasteiger charge is 2.12. The Labute approximate surface area is 114 Å². The molecule has 1 aliphatic heterocycles. The third kappa shape index (κ3) is 4.17. The molecule has 0 aliphatic carbocycles. The van der Waals surface area contributed by atoms with Gasteiger partial charge in [-0.25, -0.2) is 5.43 Å². The maximum Gasteiger partial charge on any atom is 0.240 e. The molecule has 0 atom stereocenters. The minimum absolute atomic E-state index is 0.000254. The number of amides is 1. The van der Waals surface area contributed by atoms with Crippen LogP contribution in [-0.2, 0) is 11.2 Å². The molecule has 1 aliphatic rings. The highest BCUT2D eigenvalue weighted by Crippen LogP contribution is 2.13. The third-order valence-electron chi connectivity index (χ3n) is 3.36. The van der Waals surface area contributed by atoms with Gasteiger partial charge in [-0.3, -0.25) is 4.79 Å². The van der Waals surface area contributed by atoms with Crippen molar-refractivity contribution in [3.63, 3.8) is 0 Å². The van der Waals surface area contributed by atoms with Gasteiger partial charge in [0, 0.05) is 12.8 Å². The van der Waals surface area contributed by atoms with Gasteiger partial charge in [-0.15, -0.1) is 0 Å². The molecule has 2 rings (SSSR count). The first kappa shape index (κ1) is 13.7. The number of hydrazone groups is 1. The van der Waals surface area contributed by atoms with Gasteiger partial charge < -0.3 is 5.73 Å². The molecule has 1 aromatic carbocycles. The second-order valence-corrected chi connectivity index (χ2v) is 4.89. The zero-order valence-corrected chi connectivity index (χ0v) is 11.2. The number of carbonyl (C=O) groups excluding carboxylic acids is 1. The van der Waals surface area contributed by atoms with Gasteiger partial charge in [0.05, 0.1) is 5.71 Å². The van der Waals surface area contributed by atoms with E-state index in [1.807, 2.05) is 0 Å². The fraction of sp³-hybridized carbons (Fsp3) is 0.467. The zero-order chi connectivity index (χ0) is 13.5. The molecule has 0 fully saturated rings. The topological polar surface area (TPSA) is 67.5 Å². The number of nitrogens with zero attached hydrogens (tertiary/aromatic N) is 1. The van der Waals surface area contributed by atoms with Crippen LogP contribution in [0.1, 0.15) is 43.2 Å². The molecule has 1 heterocycles. The average molecular weight is 259 g/mol. The van der Waals surface area contributed by atoms with Crippen LogP contribution in [0.25, 0.3) is 0 Å². The summed E-state index contributed by atoms with van der Waals surface area (Å²) in [6.07, 6.45) is 5.84. The van der Waals surface area contributed by atoms with E-state index in [4.69, 9.17) is 5.73 Å². The van der Waals surface area contributed by atoms with Crippen molar-refractivity contribution in [2.75, 3.05) is 6.54 Å². The van der Waals surface area contributed by atoms with Crippen molar-refractivity contribution in [1.82, 2.24) is 5.43 Å². The Morgan fingerprint density at radius 2 is 1.89 bits per heavy atom. The summed E-state index contributed by atoms with van der Waals surface area (Å²) < 4.78 is 0.